The molecule has 0 saturated heterocycles. The van der Waals surface area contributed by atoms with Crippen molar-refractivity contribution in [2.45, 2.75) is 26.3 Å². The molecule has 0 radical (unpaired) electrons. The molecule has 1 aromatic carbocycles. The molecule has 31 heavy (non-hydrogen) atoms. The van der Waals surface area contributed by atoms with Crippen LogP contribution < -0.4 is 10.6 Å². The third-order valence-electron chi connectivity index (χ3n) is 4.58. The Morgan fingerprint density at radius 2 is 1.90 bits per heavy atom. The number of halogens is 1. The molecule has 0 saturated carbocycles. The van der Waals surface area contributed by atoms with E-state index in [1.54, 1.807) is 12.4 Å². The topological polar surface area (TPSA) is 108 Å². The van der Waals surface area contributed by atoms with E-state index in [4.69, 9.17) is 11.6 Å². The molecule has 3 aromatic heterocycles. The van der Waals surface area contributed by atoms with Crippen LogP contribution in [0.5, 0.6) is 0 Å². The van der Waals surface area contributed by atoms with E-state index in [-0.39, 0.29) is 18.1 Å². The van der Waals surface area contributed by atoms with E-state index >= 15 is 0 Å². The van der Waals surface area contributed by atoms with Crippen LogP contribution in [0.4, 0.5) is 0 Å². The normalized spacial score (nSPS) is 11.2. The first-order chi connectivity index (χ1) is 15.1. The summed E-state index contributed by atoms with van der Waals surface area (Å²) in [5.41, 5.74) is 3.24. The van der Waals surface area contributed by atoms with Gasteiger partial charge in [0.15, 0.2) is 5.69 Å². The number of amides is 1. The molecule has 0 aliphatic heterocycles. The summed E-state index contributed by atoms with van der Waals surface area (Å²) in [5.74, 6) is 1.18. The number of H-pyrrole nitrogens is 1. The Morgan fingerprint density at radius 1 is 1.13 bits per heavy atom. The number of nitrogens with zero attached hydrogens (tertiary/aromatic N) is 4. The third-order valence-corrected chi connectivity index (χ3v) is 5.89. The van der Waals surface area contributed by atoms with Crippen molar-refractivity contribution in [2.75, 3.05) is 13.1 Å². The second-order valence-corrected chi connectivity index (χ2v) is 8.73. The van der Waals surface area contributed by atoms with E-state index in [1.165, 1.54) is 11.3 Å². The summed E-state index contributed by atoms with van der Waals surface area (Å²) in [6, 6.07) is 7.99. The van der Waals surface area contributed by atoms with E-state index < -0.39 is 0 Å². The second kappa shape index (κ2) is 9.95. The number of hydrogen-bond acceptors (Lipinski definition) is 7. The van der Waals surface area contributed by atoms with Crippen LogP contribution in [0.2, 0.25) is 4.34 Å². The Morgan fingerprint density at radius 3 is 2.71 bits per heavy atom. The van der Waals surface area contributed by atoms with Crippen molar-refractivity contribution >= 4 is 39.9 Å². The van der Waals surface area contributed by atoms with E-state index in [0.29, 0.717) is 16.6 Å². The zero-order valence-electron chi connectivity index (χ0n) is 17.0. The van der Waals surface area contributed by atoms with Crippen molar-refractivity contribution < 1.29 is 4.79 Å². The fourth-order valence-corrected chi connectivity index (χ4v) is 4.17. The minimum absolute atomic E-state index is 0.228. The largest absolute Gasteiger partial charge is 0.343 e. The summed E-state index contributed by atoms with van der Waals surface area (Å²) in [7, 11) is 0. The molecule has 0 atom stereocenters. The quantitative estimate of drug-likeness (QED) is 0.335. The van der Waals surface area contributed by atoms with Crippen LogP contribution in [0.25, 0.3) is 11.0 Å². The number of fused-ring (bicyclic) bond motifs is 1. The lowest BCUT2D eigenvalue weighted by Crippen LogP contribution is -2.24. The summed E-state index contributed by atoms with van der Waals surface area (Å²) in [5, 5.41) is 6.96. The molecule has 0 aliphatic rings. The Bertz CT molecular complexity index is 1140. The number of hydrogen-bond donors (Lipinski definition) is 3. The summed E-state index contributed by atoms with van der Waals surface area (Å²) in [6.45, 7) is 3.67. The zero-order valence-corrected chi connectivity index (χ0v) is 18.6. The molecule has 160 valence electrons. The van der Waals surface area contributed by atoms with Gasteiger partial charge in [-0.15, -0.1) is 11.3 Å². The molecule has 10 heteroatoms. The predicted molar refractivity (Wildman–Crippen MR) is 121 cm³/mol. The molecule has 0 spiro atoms. The fraction of sp³-hybridized carbons (Fsp3) is 0.286. The van der Waals surface area contributed by atoms with Crippen molar-refractivity contribution in [1.29, 1.82) is 0 Å². The van der Waals surface area contributed by atoms with Crippen molar-refractivity contribution in [3.8, 4) is 0 Å². The van der Waals surface area contributed by atoms with Crippen LogP contribution in [0, 0.1) is 6.92 Å². The highest BCUT2D eigenvalue weighted by atomic mass is 35.5. The van der Waals surface area contributed by atoms with E-state index in [2.05, 4.69) is 35.6 Å². The number of imidazole rings is 1. The van der Waals surface area contributed by atoms with E-state index in [9.17, 15) is 4.79 Å². The number of aromatic nitrogens is 5. The molecule has 8 nitrogen and oxygen atoms in total. The number of aromatic amines is 1. The Kier molecular flexibility index (Phi) is 6.86. The number of nitrogens with one attached hydrogen (secondary N) is 3. The molecular weight excluding hydrogens is 434 g/mol. The maximum absolute atomic E-state index is 12.4. The van der Waals surface area contributed by atoms with Gasteiger partial charge in [0.05, 0.1) is 22.6 Å². The molecule has 1 amide bonds. The zero-order chi connectivity index (χ0) is 21.6. The number of benzene rings is 1. The van der Waals surface area contributed by atoms with Crippen LogP contribution in [0.1, 0.15) is 32.7 Å². The summed E-state index contributed by atoms with van der Waals surface area (Å²) in [4.78, 5) is 33.0. The molecule has 4 rings (SSSR count). The monoisotopic (exact) mass is 455 g/mol. The minimum atomic E-state index is -0.325. The lowest BCUT2D eigenvalue weighted by atomic mass is 10.3. The van der Waals surface area contributed by atoms with Crippen molar-refractivity contribution in [2.24, 2.45) is 0 Å². The SMILES string of the molecule is Cc1cnc(CNC(=O)c2nc(CCNCCc3nc4ccccc4[nH]3)sc2Cl)nc1. The van der Waals surface area contributed by atoms with Crippen molar-refractivity contribution in [1.82, 2.24) is 35.6 Å². The van der Waals surface area contributed by atoms with E-state index in [0.717, 1.165) is 46.9 Å². The van der Waals surface area contributed by atoms with Crippen LogP contribution in [-0.4, -0.2) is 43.9 Å². The molecule has 3 heterocycles. The fourth-order valence-electron chi connectivity index (χ4n) is 3.00. The van der Waals surface area contributed by atoms with Crippen molar-refractivity contribution in [3.05, 3.63) is 68.9 Å². The van der Waals surface area contributed by atoms with Gasteiger partial charge in [-0.25, -0.2) is 19.9 Å². The molecule has 0 unspecified atom stereocenters. The molecule has 4 aromatic rings. The van der Waals surface area contributed by atoms with Crippen LogP contribution in [0.3, 0.4) is 0 Å². The number of aryl methyl sites for hydroxylation is 1. The molecule has 0 fully saturated rings. The summed E-state index contributed by atoms with van der Waals surface area (Å²) in [6.07, 6.45) is 4.92. The Labute approximate surface area is 188 Å². The van der Waals surface area contributed by atoms with Crippen LogP contribution in [0.15, 0.2) is 36.7 Å². The molecule has 3 N–H and O–H groups in total. The third kappa shape index (κ3) is 5.63. The van der Waals surface area contributed by atoms with Gasteiger partial charge in [-0.3, -0.25) is 4.79 Å². The van der Waals surface area contributed by atoms with Gasteiger partial charge < -0.3 is 15.6 Å². The van der Waals surface area contributed by atoms with Gasteiger partial charge in [0.2, 0.25) is 0 Å². The average molecular weight is 456 g/mol. The summed E-state index contributed by atoms with van der Waals surface area (Å²) >= 11 is 7.56. The van der Waals surface area contributed by atoms with E-state index in [1.807, 2.05) is 31.2 Å². The molecule has 0 aliphatic carbocycles. The predicted octanol–water partition coefficient (Wildman–Crippen LogP) is 3.08. The van der Waals surface area contributed by atoms with Gasteiger partial charge in [0.25, 0.3) is 5.91 Å². The minimum Gasteiger partial charge on any atom is -0.343 e. The number of thiazole rings is 1. The lowest BCUT2D eigenvalue weighted by Gasteiger charge is -2.03. The number of carbonyl (C=O) groups excluding carboxylic acids is 1. The highest BCUT2D eigenvalue weighted by Gasteiger charge is 2.17. The number of carbonyl (C=O) groups is 1. The first kappa shape index (κ1) is 21.4. The Hall–Kier alpha value is -2.88. The maximum atomic E-state index is 12.4. The van der Waals surface area contributed by atoms with Crippen LogP contribution >= 0.6 is 22.9 Å². The Balaban J connectivity index is 1.22. The molecule has 0 bridgehead atoms. The summed E-state index contributed by atoms with van der Waals surface area (Å²) < 4.78 is 0.389. The van der Waals surface area contributed by atoms with Gasteiger partial charge in [0.1, 0.15) is 16.0 Å². The first-order valence-corrected chi connectivity index (χ1v) is 11.1. The lowest BCUT2D eigenvalue weighted by molar-refractivity contribution is 0.0945. The maximum Gasteiger partial charge on any atom is 0.272 e. The van der Waals surface area contributed by atoms with Gasteiger partial charge in [0, 0.05) is 38.3 Å². The average Bonchev–Trinajstić information content (AvgIpc) is 3.35. The van der Waals surface area contributed by atoms with Crippen LogP contribution in [-0.2, 0) is 19.4 Å². The van der Waals surface area contributed by atoms with Gasteiger partial charge >= 0.3 is 0 Å². The first-order valence-electron chi connectivity index (χ1n) is 9.94. The number of rotatable bonds is 9. The van der Waals surface area contributed by atoms with Gasteiger partial charge in [-0.2, -0.15) is 0 Å². The van der Waals surface area contributed by atoms with Gasteiger partial charge in [-0.05, 0) is 24.6 Å². The second-order valence-electron chi connectivity index (χ2n) is 7.04. The van der Waals surface area contributed by atoms with Crippen molar-refractivity contribution in [3.63, 3.8) is 0 Å². The highest BCUT2D eigenvalue weighted by molar-refractivity contribution is 7.16. The smallest absolute Gasteiger partial charge is 0.272 e. The highest BCUT2D eigenvalue weighted by Crippen LogP contribution is 2.24. The molecular formula is C21H22ClN7OS. The number of para-hydroxylation sites is 2. The van der Waals surface area contributed by atoms with Gasteiger partial charge in [-0.1, -0.05) is 23.7 Å². The standard InChI is InChI=1S/C21H22ClN7OS/c1-13-10-24-17(25-11-13)12-26-21(30)19-20(22)31-18(29-19)7-9-23-8-6-16-27-14-4-2-3-5-15(14)28-16/h2-5,10-11,23H,6-9,12H2,1H3,(H,26,30)(H,27,28).